The van der Waals surface area contributed by atoms with Gasteiger partial charge in [0.05, 0.1) is 36.2 Å². The van der Waals surface area contributed by atoms with Gasteiger partial charge in [0.15, 0.2) is 0 Å². The highest BCUT2D eigenvalue weighted by Crippen LogP contribution is 2.23. The summed E-state index contributed by atoms with van der Waals surface area (Å²) in [7, 11) is 0. The molecule has 3 rings (SSSR count). The van der Waals surface area contributed by atoms with Crippen LogP contribution in [0.2, 0.25) is 0 Å². The molecule has 0 aliphatic heterocycles. The molecule has 1 atom stereocenters. The van der Waals surface area contributed by atoms with Crippen molar-refractivity contribution >= 4 is 18.0 Å². The largest absolute Gasteiger partial charge is 0.478 e. The lowest BCUT2D eigenvalue weighted by molar-refractivity contribution is -0.132. The third kappa shape index (κ3) is 6.07. The van der Waals surface area contributed by atoms with Gasteiger partial charge in [-0.2, -0.15) is 10.2 Å². The number of fused-ring (bicyclic) bond motifs is 2. The van der Waals surface area contributed by atoms with Crippen molar-refractivity contribution in [3.8, 4) is 0 Å². The molecule has 1 aliphatic carbocycles. The van der Waals surface area contributed by atoms with Gasteiger partial charge in [-0.05, 0) is 37.1 Å². The van der Waals surface area contributed by atoms with Crippen molar-refractivity contribution in [3.63, 3.8) is 0 Å². The maximum atomic E-state index is 12.6. The smallest absolute Gasteiger partial charge is 0.331 e. The number of carboxylic acid groups (broad SMARTS) is 1. The first-order chi connectivity index (χ1) is 14.7. The first-order valence-electron chi connectivity index (χ1n) is 9.92. The molecule has 2 aromatic rings. The van der Waals surface area contributed by atoms with Gasteiger partial charge in [0.25, 0.3) is 0 Å². The van der Waals surface area contributed by atoms with Gasteiger partial charge in [0.1, 0.15) is 0 Å². The summed E-state index contributed by atoms with van der Waals surface area (Å²) in [6.07, 6.45) is 5.00. The summed E-state index contributed by atoms with van der Waals surface area (Å²) in [5, 5.41) is 20.9. The van der Waals surface area contributed by atoms with E-state index in [4.69, 9.17) is 10.5 Å². The summed E-state index contributed by atoms with van der Waals surface area (Å²) in [6, 6.07) is 10.8. The Morgan fingerprint density at radius 2 is 2.00 bits per heavy atom. The molecular weight excluding hydrogens is 396 g/mol. The van der Waals surface area contributed by atoms with Gasteiger partial charge in [0.2, 0.25) is 5.91 Å². The Bertz CT molecular complexity index is 1010. The Morgan fingerprint density at radius 1 is 1.26 bits per heavy atom. The Balaban J connectivity index is 1.88. The Hall–Kier alpha value is -3.36. The fourth-order valence-corrected chi connectivity index (χ4v) is 3.05. The number of hydrogen-bond donors (Lipinski definition) is 3. The molecule has 1 aliphatic rings. The van der Waals surface area contributed by atoms with Crippen LogP contribution in [-0.2, 0) is 27.4 Å². The molecule has 31 heavy (non-hydrogen) atoms. The number of carbonyl (C=O) groups excluding carboxylic acids is 1. The highest BCUT2D eigenvalue weighted by molar-refractivity contribution is 5.88. The van der Waals surface area contributed by atoms with E-state index in [1.807, 2.05) is 30.3 Å². The van der Waals surface area contributed by atoms with Gasteiger partial charge in [0, 0.05) is 12.0 Å². The molecule has 0 saturated carbocycles. The molecule has 0 unspecified atom stereocenters. The van der Waals surface area contributed by atoms with Crippen LogP contribution in [0, 0.1) is 0 Å². The number of aliphatic carboxylic acids is 1. The minimum Gasteiger partial charge on any atom is -0.478 e. The SMILES string of the molecule is CC(C)(N)C(=O)N[C@H](COCc1ccccc1)c1nnc2cc1CC(C(=O)O)=CC=C2. The average Bonchev–Trinajstić information content (AvgIpc) is 2.71. The van der Waals surface area contributed by atoms with Crippen molar-refractivity contribution in [2.45, 2.75) is 38.5 Å². The second-order valence-electron chi connectivity index (χ2n) is 7.96. The summed E-state index contributed by atoms with van der Waals surface area (Å²) >= 11 is 0. The highest BCUT2D eigenvalue weighted by Gasteiger charge is 2.28. The first kappa shape index (κ1) is 22.3. The topological polar surface area (TPSA) is 127 Å². The van der Waals surface area contributed by atoms with Crippen LogP contribution in [0.25, 0.3) is 6.08 Å². The number of nitrogens with two attached hydrogens (primary N) is 1. The fourth-order valence-electron chi connectivity index (χ4n) is 3.05. The summed E-state index contributed by atoms with van der Waals surface area (Å²) in [5.74, 6) is -1.39. The van der Waals surface area contributed by atoms with E-state index in [-0.39, 0.29) is 24.5 Å². The Morgan fingerprint density at radius 3 is 2.68 bits per heavy atom. The van der Waals surface area contributed by atoms with E-state index < -0.39 is 17.6 Å². The van der Waals surface area contributed by atoms with Crippen molar-refractivity contribution in [3.05, 3.63) is 76.6 Å². The van der Waals surface area contributed by atoms with Crippen LogP contribution in [0.3, 0.4) is 0 Å². The zero-order chi connectivity index (χ0) is 22.4. The third-order valence-corrected chi connectivity index (χ3v) is 4.76. The minimum absolute atomic E-state index is 0.125. The van der Waals surface area contributed by atoms with E-state index >= 15 is 0 Å². The number of carboxylic acids is 1. The van der Waals surface area contributed by atoms with Gasteiger partial charge in [-0.1, -0.05) is 42.5 Å². The summed E-state index contributed by atoms with van der Waals surface area (Å²) in [4.78, 5) is 24.2. The molecule has 1 heterocycles. The fraction of sp³-hybridized carbons (Fsp3) is 0.304. The van der Waals surface area contributed by atoms with Crippen molar-refractivity contribution in [1.82, 2.24) is 15.5 Å². The zero-order valence-corrected chi connectivity index (χ0v) is 17.5. The molecule has 0 fully saturated rings. The molecule has 2 bridgehead atoms. The molecule has 0 saturated heterocycles. The monoisotopic (exact) mass is 422 g/mol. The molecule has 1 amide bonds. The van der Waals surface area contributed by atoms with Crippen LogP contribution in [0.5, 0.6) is 0 Å². The second kappa shape index (κ2) is 9.63. The quantitative estimate of drug-likeness (QED) is 0.595. The van der Waals surface area contributed by atoms with E-state index in [2.05, 4.69) is 15.5 Å². The third-order valence-electron chi connectivity index (χ3n) is 4.76. The lowest BCUT2D eigenvalue weighted by Gasteiger charge is -2.25. The second-order valence-corrected chi connectivity index (χ2v) is 7.96. The number of allylic oxidation sites excluding steroid dienone is 2. The summed E-state index contributed by atoms with van der Waals surface area (Å²) in [6.45, 7) is 3.69. The van der Waals surface area contributed by atoms with E-state index in [0.29, 0.717) is 23.6 Å². The van der Waals surface area contributed by atoms with Crippen LogP contribution < -0.4 is 11.1 Å². The molecule has 1 aromatic carbocycles. The van der Waals surface area contributed by atoms with Crippen molar-refractivity contribution in [2.75, 3.05) is 6.61 Å². The molecule has 0 radical (unpaired) electrons. The summed E-state index contributed by atoms with van der Waals surface area (Å²) < 4.78 is 5.86. The van der Waals surface area contributed by atoms with E-state index in [1.54, 1.807) is 32.1 Å². The molecular formula is C23H26N4O4. The van der Waals surface area contributed by atoms with Crippen LogP contribution in [0.4, 0.5) is 0 Å². The van der Waals surface area contributed by atoms with Crippen LogP contribution in [0.15, 0.2) is 54.1 Å². The maximum Gasteiger partial charge on any atom is 0.331 e. The lowest BCUT2D eigenvalue weighted by Crippen LogP contribution is -2.51. The van der Waals surface area contributed by atoms with E-state index in [0.717, 1.165) is 5.56 Å². The van der Waals surface area contributed by atoms with Crippen LogP contribution >= 0.6 is 0 Å². The predicted molar refractivity (Wildman–Crippen MR) is 116 cm³/mol. The van der Waals surface area contributed by atoms with Crippen molar-refractivity contribution < 1.29 is 19.4 Å². The minimum atomic E-state index is -1.11. The molecule has 162 valence electrons. The normalized spacial score (nSPS) is 14.2. The maximum absolute atomic E-state index is 12.6. The number of benzene rings is 1. The predicted octanol–water partition coefficient (Wildman–Crippen LogP) is 2.17. The van der Waals surface area contributed by atoms with Crippen molar-refractivity contribution in [2.24, 2.45) is 5.73 Å². The average molecular weight is 422 g/mol. The van der Waals surface area contributed by atoms with Gasteiger partial charge >= 0.3 is 5.97 Å². The first-order valence-corrected chi connectivity index (χ1v) is 9.92. The number of aromatic nitrogens is 2. The van der Waals surface area contributed by atoms with E-state index in [1.165, 1.54) is 6.08 Å². The number of ether oxygens (including phenoxy) is 1. The van der Waals surface area contributed by atoms with Gasteiger partial charge in [-0.25, -0.2) is 4.79 Å². The molecule has 8 nitrogen and oxygen atoms in total. The van der Waals surface area contributed by atoms with Gasteiger partial charge in [-0.3, -0.25) is 4.79 Å². The molecule has 8 heteroatoms. The van der Waals surface area contributed by atoms with Crippen LogP contribution in [-0.4, -0.2) is 39.3 Å². The molecule has 1 aromatic heterocycles. The van der Waals surface area contributed by atoms with Crippen LogP contribution in [0.1, 0.15) is 42.4 Å². The number of rotatable bonds is 8. The number of amides is 1. The van der Waals surface area contributed by atoms with Gasteiger partial charge < -0.3 is 20.9 Å². The number of hydrogen-bond acceptors (Lipinski definition) is 6. The Labute approximate surface area is 180 Å². The number of nitrogens with one attached hydrogen (secondary N) is 1. The Kier molecular flexibility index (Phi) is 6.94. The lowest BCUT2D eigenvalue weighted by atomic mass is 9.97. The number of nitrogens with zero attached hydrogens (tertiary/aromatic N) is 2. The number of carbonyl (C=O) groups is 2. The van der Waals surface area contributed by atoms with E-state index in [9.17, 15) is 14.7 Å². The van der Waals surface area contributed by atoms with Crippen molar-refractivity contribution in [1.29, 1.82) is 0 Å². The highest BCUT2D eigenvalue weighted by atomic mass is 16.5. The molecule has 4 N–H and O–H groups in total. The van der Waals surface area contributed by atoms with Gasteiger partial charge in [-0.15, -0.1) is 0 Å². The standard InChI is InChI=1S/C23H26N4O4/c1-23(2,24)22(30)25-19(14-31-13-15-7-4-3-5-8-15)20-17-11-16(21(28)29)9-6-10-18(12-17)26-27-20/h3-10,12,19H,11,13-14,24H2,1-2H3,(H,25,30)(H,28,29)/t19-/m1/s1. The summed E-state index contributed by atoms with van der Waals surface area (Å²) in [5.41, 5.74) is 7.77. The zero-order valence-electron chi connectivity index (χ0n) is 17.5. The molecule has 0 spiro atoms.